The van der Waals surface area contributed by atoms with Gasteiger partial charge < -0.3 is 4.52 Å². The number of aromatic nitrogens is 1. The predicted molar refractivity (Wildman–Crippen MR) is 65.8 cm³/mol. The summed E-state index contributed by atoms with van der Waals surface area (Å²) in [5, 5.41) is 13.0. The molecule has 0 aliphatic carbocycles. The first-order valence-electron chi connectivity index (χ1n) is 4.68. The van der Waals surface area contributed by atoms with Crippen LogP contribution >= 0.6 is 23.1 Å². The summed E-state index contributed by atoms with van der Waals surface area (Å²) < 4.78 is 6.19. The van der Waals surface area contributed by atoms with Crippen molar-refractivity contribution in [2.45, 2.75) is 18.1 Å². The summed E-state index contributed by atoms with van der Waals surface area (Å²) in [6.45, 7) is 3.82. The smallest absolute Gasteiger partial charge is 0.134 e. The lowest BCUT2D eigenvalue weighted by Crippen LogP contribution is -1.80. The Labute approximate surface area is 102 Å². The normalized spacial score (nSPS) is 10.4. The predicted octanol–water partition coefficient (Wildman–Crippen LogP) is 3.61. The standard InChI is InChI=1S/C11H10N2OS2/c1-6-4-8(13-14-6)10-7(2)9(5-12)16-11(10)15-3/h4H,1-3H3. The zero-order chi connectivity index (χ0) is 11.7. The van der Waals surface area contributed by atoms with Crippen LogP contribution < -0.4 is 0 Å². The molecule has 0 aliphatic heterocycles. The van der Waals surface area contributed by atoms with Gasteiger partial charge in [-0.3, -0.25) is 0 Å². The first-order valence-corrected chi connectivity index (χ1v) is 6.72. The summed E-state index contributed by atoms with van der Waals surface area (Å²) in [5.41, 5.74) is 2.84. The summed E-state index contributed by atoms with van der Waals surface area (Å²) in [6, 6.07) is 4.11. The molecule has 0 bridgehead atoms. The van der Waals surface area contributed by atoms with Crippen molar-refractivity contribution in [2.24, 2.45) is 0 Å². The minimum Gasteiger partial charge on any atom is -0.361 e. The number of thioether (sulfide) groups is 1. The van der Waals surface area contributed by atoms with E-state index in [2.05, 4.69) is 11.2 Å². The zero-order valence-electron chi connectivity index (χ0n) is 9.20. The van der Waals surface area contributed by atoms with Gasteiger partial charge in [0.2, 0.25) is 0 Å². The van der Waals surface area contributed by atoms with E-state index >= 15 is 0 Å². The number of hydrogen-bond donors (Lipinski definition) is 0. The Morgan fingerprint density at radius 2 is 2.25 bits per heavy atom. The van der Waals surface area contributed by atoms with Crippen LogP contribution in [0.4, 0.5) is 0 Å². The van der Waals surface area contributed by atoms with Crippen molar-refractivity contribution in [1.82, 2.24) is 5.16 Å². The maximum absolute atomic E-state index is 9.01. The van der Waals surface area contributed by atoms with Gasteiger partial charge in [0.15, 0.2) is 0 Å². The van der Waals surface area contributed by atoms with Gasteiger partial charge in [-0.15, -0.1) is 23.1 Å². The average molecular weight is 250 g/mol. The van der Waals surface area contributed by atoms with E-state index in [1.807, 2.05) is 26.2 Å². The lowest BCUT2D eigenvalue weighted by atomic mass is 10.1. The molecule has 0 fully saturated rings. The Morgan fingerprint density at radius 1 is 1.50 bits per heavy atom. The first-order chi connectivity index (χ1) is 7.67. The van der Waals surface area contributed by atoms with Gasteiger partial charge in [0, 0.05) is 11.6 Å². The topological polar surface area (TPSA) is 49.8 Å². The lowest BCUT2D eigenvalue weighted by Gasteiger charge is -1.97. The molecule has 0 unspecified atom stereocenters. The second-order valence-electron chi connectivity index (χ2n) is 3.36. The Hall–Kier alpha value is -1.25. The van der Waals surface area contributed by atoms with Crippen molar-refractivity contribution in [1.29, 1.82) is 5.26 Å². The Bertz CT molecular complexity index is 563. The van der Waals surface area contributed by atoms with E-state index in [-0.39, 0.29) is 0 Å². The third kappa shape index (κ3) is 1.75. The van der Waals surface area contributed by atoms with Crippen LogP contribution in [0.25, 0.3) is 11.3 Å². The van der Waals surface area contributed by atoms with Gasteiger partial charge in [0.1, 0.15) is 22.4 Å². The fraction of sp³-hybridized carbons (Fsp3) is 0.273. The summed E-state index contributed by atoms with van der Waals surface area (Å²) in [4.78, 5) is 0.750. The first kappa shape index (κ1) is 11.2. The molecule has 0 N–H and O–H groups in total. The van der Waals surface area contributed by atoms with E-state index < -0.39 is 0 Å². The van der Waals surface area contributed by atoms with Crippen LogP contribution in [0.5, 0.6) is 0 Å². The minimum atomic E-state index is 0.750. The minimum absolute atomic E-state index is 0.750. The molecule has 0 radical (unpaired) electrons. The zero-order valence-corrected chi connectivity index (χ0v) is 10.8. The molecule has 2 rings (SSSR count). The van der Waals surface area contributed by atoms with Crippen molar-refractivity contribution >= 4 is 23.1 Å². The van der Waals surface area contributed by atoms with Crippen molar-refractivity contribution in [3.63, 3.8) is 0 Å². The van der Waals surface area contributed by atoms with Crippen LogP contribution in [-0.4, -0.2) is 11.4 Å². The van der Waals surface area contributed by atoms with Crippen molar-refractivity contribution in [2.75, 3.05) is 6.26 Å². The molecule has 0 spiro atoms. The molecule has 5 heteroatoms. The molecular weight excluding hydrogens is 240 g/mol. The molecule has 2 aromatic rings. The average Bonchev–Trinajstić information content (AvgIpc) is 2.82. The van der Waals surface area contributed by atoms with Crippen molar-refractivity contribution < 1.29 is 4.52 Å². The molecular formula is C11H10N2OS2. The third-order valence-electron chi connectivity index (χ3n) is 2.29. The van der Waals surface area contributed by atoms with Crippen molar-refractivity contribution in [3.8, 4) is 17.3 Å². The molecule has 2 heterocycles. The van der Waals surface area contributed by atoms with Gasteiger partial charge in [0.05, 0.1) is 4.21 Å². The number of thiophene rings is 1. The van der Waals surface area contributed by atoms with Gasteiger partial charge in [0.25, 0.3) is 0 Å². The SMILES string of the molecule is CSc1sc(C#N)c(C)c1-c1cc(C)on1. The van der Waals surface area contributed by atoms with E-state index in [0.29, 0.717) is 0 Å². The molecule has 0 atom stereocenters. The highest BCUT2D eigenvalue weighted by molar-refractivity contribution is 8.00. The molecule has 0 amide bonds. The molecule has 0 saturated heterocycles. The van der Waals surface area contributed by atoms with Gasteiger partial charge in [-0.2, -0.15) is 5.26 Å². The second kappa shape index (κ2) is 4.32. The van der Waals surface area contributed by atoms with Crippen LogP contribution in [-0.2, 0) is 0 Å². The number of hydrogen-bond acceptors (Lipinski definition) is 5. The quantitative estimate of drug-likeness (QED) is 0.764. The van der Waals surface area contributed by atoms with Gasteiger partial charge in [-0.25, -0.2) is 0 Å². The van der Waals surface area contributed by atoms with Crippen molar-refractivity contribution in [3.05, 3.63) is 22.3 Å². The summed E-state index contributed by atoms with van der Waals surface area (Å²) in [6.07, 6.45) is 2.00. The lowest BCUT2D eigenvalue weighted by molar-refractivity contribution is 0.399. The van der Waals surface area contributed by atoms with E-state index in [9.17, 15) is 0 Å². The molecule has 0 saturated carbocycles. The summed E-state index contributed by atoms with van der Waals surface area (Å²) in [5.74, 6) is 0.783. The van der Waals surface area contributed by atoms with E-state index in [1.54, 1.807) is 11.8 Å². The molecule has 0 aliphatic rings. The van der Waals surface area contributed by atoms with Crippen LogP contribution in [0, 0.1) is 25.2 Å². The van der Waals surface area contributed by atoms with Crippen LogP contribution in [0.2, 0.25) is 0 Å². The fourth-order valence-corrected chi connectivity index (χ4v) is 3.41. The highest BCUT2D eigenvalue weighted by Gasteiger charge is 2.18. The van der Waals surface area contributed by atoms with E-state index in [1.165, 1.54) is 11.3 Å². The Morgan fingerprint density at radius 3 is 2.75 bits per heavy atom. The largest absolute Gasteiger partial charge is 0.361 e. The van der Waals surface area contributed by atoms with Crippen LogP contribution in [0.3, 0.4) is 0 Å². The molecule has 2 aromatic heterocycles. The third-order valence-corrected chi connectivity index (χ3v) is 4.60. The Kier molecular flexibility index (Phi) is 3.03. The van der Waals surface area contributed by atoms with E-state index in [0.717, 1.165) is 31.7 Å². The van der Waals surface area contributed by atoms with Gasteiger partial charge in [-0.1, -0.05) is 5.16 Å². The molecule has 0 aromatic carbocycles. The highest BCUT2D eigenvalue weighted by Crippen LogP contribution is 2.40. The van der Waals surface area contributed by atoms with E-state index in [4.69, 9.17) is 9.78 Å². The fourth-order valence-electron chi connectivity index (χ4n) is 1.52. The molecule has 16 heavy (non-hydrogen) atoms. The molecule has 82 valence electrons. The van der Waals surface area contributed by atoms with Gasteiger partial charge >= 0.3 is 0 Å². The maximum Gasteiger partial charge on any atom is 0.134 e. The number of nitrogens with zero attached hydrogens (tertiary/aromatic N) is 2. The number of nitriles is 1. The number of rotatable bonds is 2. The monoisotopic (exact) mass is 250 g/mol. The maximum atomic E-state index is 9.01. The summed E-state index contributed by atoms with van der Waals surface area (Å²) >= 11 is 3.15. The second-order valence-corrected chi connectivity index (χ2v) is 5.45. The summed E-state index contributed by atoms with van der Waals surface area (Å²) in [7, 11) is 0. The number of aryl methyl sites for hydroxylation is 1. The van der Waals surface area contributed by atoms with Gasteiger partial charge in [-0.05, 0) is 25.7 Å². The highest BCUT2D eigenvalue weighted by atomic mass is 32.2. The molecule has 3 nitrogen and oxygen atoms in total. The van der Waals surface area contributed by atoms with Crippen LogP contribution in [0.1, 0.15) is 16.2 Å². The van der Waals surface area contributed by atoms with Crippen LogP contribution in [0.15, 0.2) is 14.8 Å². The Balaban J connectivity index is 2.64.